The number of aromatic nitrogens is 2. The molecule has 0 N–H and O–H groups in total. The third kappa shape index (κ3) is 3.65. The van der Waals surface area contributed by atoms with Crippen molar-refractivity contribution in [2.24, 2.45) is 13.0 Å². The minimum Gasteiger partial charge on any atom is -0.465 e. The topological polar surface area (TPSA) is 90.5 Å². The third-order valence-electron chi connectivity index (χ3n) is 4.58. The molecule has 3 rings (SSSR count). The van der Waals surface area contributed by atoms with Crippen LogP contribution in [0.25, 0.3) is 0 Å². The van der Waals surface area contributed by atoms with Crippen LogP contribution < -0.4 is 4.90 Å². The molecule has 1 aliphatic rings. The molecule has 1 aromatic carbocycles. The van der Waals surface area contributed by atoms with Crippen molar-refractivity contribution in [1.82, 2.24) is 9.78 Å². The van der Waals surface area contributed by atoms with Crippen LogP contribution in [-0.2, 0) is 18.2 Å². The summed E-state index contributed by atoms with van der Waals surface area (Å²) in [5.41, 5.74) is 1.43. The van der Waals surface area contributed by atoms with Crippen LogP contribution in [0.3, 0.4) is 0 Å². The van der Waals surface area contributed by atoms with Gasteiger partial charge in [0, 0.05) is 32.4 Å². The van der Waals surface area contributed by atoms with E-state index in [1.165, 1.54) is 19.2 Å². The number of benzene rings is 1. The third-order valence-corrected chi connectivity index (χ3v) is 4.89. The summed E-state index contributed by atoms with van der Waals surface area (Å²) in [5.74, 6) is -0.321. The Hall–Kier alpha value is -2.61. The molecule has 9 heteroatoms. The number of halogens is 1. The van der Waals surface area contributed by atoms with Crippen LogP contribution in [0.15, 0.2) is 24.5 Å². The van der Waals surface area contributed by atoms with Crippen LogP contribution >= 0.6 is 11.6 Å². The second-order valence-corrected chi connectivity index (χ2v) is 6.80. The molecule has 1 saturated heterocycles. The SMILES string of the molecule is COC(=O)c1cc([N+](=O)[O-])c(N2CCC(Cc3cnn(C)c3)C2)cc1Cl. The van der Waals surface area contributed by atoms with Gasteiger partial charge in [-0.3, -0.25) is 14.8 Å². The predicted molar refractivity (Wildman–Crippen MR) is 96.7 cm³/mol. The van der Waals surface area contributed by atoms with E-state index in [9.17, 15) is 14.9 Å². The van der Waals surface area contributed by atoms with E-state index in [0.717, 1.165) is 18.4 Å². The highest BCUT2D eigenvalue weighted by Crippen LogP contribution is 2.37. The van der Waals surface area contributed by atoms with Crippen LogP contribution in [0.2, 0.25) is 5.02 Å². The maximum Gasteiger partial charge on any atom is 0.339 e. The summed E-state index contributed by atoms with van der Waals surface area (Å²) in [5, 5.41) is 15.8. The highest BCUT2D eigenvalue weighted by Gasteiger charge is 2.30. The maximum absolute atomic E-state index is 11.7. The molecule has 26 heavy (non-hydrogen) atoms. The number of ether oxygens (including phenoxy) is 1. The first-order chi connectivity index (χ1) is 12.4. The molecular weight excluding hydrogens is 360 g/mol. The number of hydrogen-bond donors (Lipinski definition) is 0. The van der Waals surface area contributed by atoms with E-state index in [0.29, 0.717) is 24.7 Å². The summed E-state index contributed by atoms with van der Waals surface area (Å²) in [6.45, 7) is 1.38. The number of rotatable bonds is 5. The lowest BCUT2D eigenvalue weighted by Crippen LogP contribution is -2.21. The number of esters is 1. The number of nitrogens with zero attached hydrogens (tertiary/aromatic N) is 4. The second kappa shape index (κ2) is 7.33. The number of methoxy groups -OCH3 is 1. The van der Waals surface area contributed by atoms with Crippen molar-refractivity contribution < 1.29 is 14.5 Å². The Morgan fingerprint density at radius 2 is 2.27 bits per heavy atom. The lowest BCUT2D eigenvalue weighted by atomic mass is 10.0. The van der Waals surface area contributed by atoms with Crippen molar-refractivity contribution in [2.75, 3.05) is 25.1 Å². The quantitative estimate of drug-likeness (QED) is 0.451. The summed E-state index contributed by atoms with van der Waals surface area (Å²) in [7, 11) is 3.08. The van der Waals surface area contributed by atoms with Gasteiger partial charge >= 0.3 is 5.97 Å². The van der Waals surface area contributed by atoms with Crippen molar-refractivity contribution in [3.8, 4) is 0 Å². The summed E-state index contributed by atoms with van der Waals surface area (Å²) >= 11 is 6.17. The number of anilines is 1. The fourth-order valence-electron chi connectivity index (χ4n) is 3.35. The van der Waals surface area contributed by atoms with E-state index in [1.807, 2.05) is 24.3 Å². The molecule has 0 saturated carbocycles. The van der Waals surface area contributed by atoms with Gasteiger partial charge in [0.15, 0.2) is 0 Å². The van der Waals surface area contributed by atoms with E-state index in [1.54, 1.807) is 4.68 Å². The molecule has 1 aliphatic heterocycles. The number of nitro benzene ring substituents is 1. The first-order valence-electron chi connectivity index (χ1n) is 8.17. The molecule has 0 amide bonds. The second-order valence-electron chi connectivity index (χ2n) is 6.40. The summed E-state index contributed by atoms with van der Waals surface area (Å²) < 4.78 is 6.40. The lowest BCUT2D eigenvalue weighted by Gasteiger charge is -2.19. The Morgan fingerprint density at radius 1 is 1.50 bits per heavy atom. The van der Waals surface area contributed by atoms with E-state index in [-0.39, 0.29) is 16.3 Å². The number of carbonyl (C=O) groups excluding carboxylic acids is 1. The zero-order chi connectivity index (χ0) is 18.8. The van der Waals surface area contributed by atoms with Crippen LogP contribution in [0.5, 0.6) is 0 Å². The van der Waals surface area contributed by atoms with Gasteiger partial charge in [-0.05, 0) is 30.4 Å². The Labute approximate surface area is 155 Å². The predicted octanol–water partition coefficient (Wildman–Crippen LogP) is 2.84. The Morgan fingerprint density at radius 3 is 2.88 bits per heavy atom. The highest BCUT2D eigenvalue weighted by molar-refractivity contribution is 6.34. The van der Waals surface area contributed by atoms with Gasteiger partial charge in [-0.15, -0.1) is 0 Å². The van der Waals surface area contributed by atoms with Crippen molar-refractivity contribution >= 4 is 28.9 Å². The summed E-state index contributed by atoms with van der Waals surface area (Å²) in [4.78, 5) is 24.7. The molecule has 138 valence electrons. The first kappa shape index (κ1) is 18.2. The van der Waals surface area contributed by atoms with Crippen molar-refractivity contribution in [3.05, 3.63) is 50.8 Å². The Bertz CT molecular complexity index is 851. The molecule has 1 fully saturated rings. The van der Waals surface area contributed by atoms with E-state index in [4.69, 9.17) is 11.6 Å². The van der Waals surface area contributed by atoms with Gasteiger partial charge in [0.05, 0.1) is 28.8 Å². The minimum atomic E-state index is -0.694. The van der Waals surface area contributed by atoms with Crippen LogP contribution in [-0.4, -0.2) is 40.9 Å². The number of nitro groups is 1. The molecule has 8 nitrogen and oxygen atoms in total. The first-order valence-corrected chi connectivity index (χ1v) is 8.55. The molecule has 0 aliphatic carbocycles. The Kier molecular flexibility index (Phi) is 5.13. The average Bonchev–Trinajstić information content (AvgIpc) is 3.23. The van der Waals surface area contributed by atoms with Gasteiger partial charge in [0.1, 0.15) is 5.69 Å². The monoisotopic (exact) mass is 378 g/mol. The Balaban J connectivity index is 1.83. The maximum atomic E-state index is 11.7. The fraction of sp³-hybridized carbons (Fsp3) is 0.412. The van der Waals surface area contributed by atoms with E-state index in [2.05, 4.69) is 9.84 Å². The van der Waals surface area contributed by atoms with Gasteiger partial charge in [0.25, 0.3) is 5.69 Å². The van der Waals surface area contributed by atoms with Crippen LogP contribution in [0.4, 0.5) is 11.4 Å². The number of carbonyl (C=O) groups is 1. The van der Waals surface area contributed by atoms with Crippen molar-refractivity contribution in [3.63, 3.8) is 0 Å². The molecule has 0 bridgehead atoms. The lowest BCUT2D eigenvalue weighted by molar-refractivity contribution is -0.384. The van der Waals surface area contributed by atoms with Crippen molar-refractivity contribution in [2.45, 2.75) is 12.8 Å². The van der Waals surface area contributed by atoms with E-state index >= 15 is 0 Å². The molecule has 2 heterocycles. The molecule has 1 aromatic heterocycles. The zero-order valence-electron chi connectivity index (χ0n) is 14.5. The molecule has 0 radical (unpaired) electrons. The highest BCUT2D eigenvalue weighted by atomic mass is 35.5. The molecule has 1 atom stereocenters. The average molecular weight is 379 g/mol. The van der Waals surface area contributed by atoms with Crippen LogP contribution in [0, 0.1) is 16.0 Å². The smallest absolute Gasteiger partial charge is 0.339 e. The van der Waals surface area contributed by atoms with Gasteiger partial charge in [-0.25, -0.2) is 4.79 Å². The van der Waals surface area contributed by atoms with Crippen LogP contribution in [0.1, 0.15) is 22.3 Å². The standard InChI is InChI=1S/C17H19ClN4O4/c1-20-9-12(8-19-20)5-11-3-4-21(10-11)15-7-14(18)13(17(23)26-2)6-16(15)22(24)25/h6-9,11H,3-5,10H2,1-2H3. The van der Waals surface area contributed by atoms with Gasteiger partial charge in [-0.2, -0.15) is 5.10 Å². The fourth-order valence-corrected chi connectivity index (χ4v) is 3.58. The molecular formula is C17H19ClN4O4. The van der Waals surface area contributed by atoms with Crippen molar-refractivity contribution in [1.29, 1.82) is 0 Å². The zero-order valence-corrected chi connectivity index (χ0v) is 15.3. The number of hydrogen-bond acceptors (Lipinski definition) is 6. The summed E-state index contributed by atoms with van der Waals surface area (Å²) in [6, 6.07) is 2.68. The van der Waals surface area contributed by atoms with Gasteiger partial charge < -0.3 is 9.64 Å². The van der Waals surface area contributed by atoms with E-state index < -0.39 is 10.9 Å². The molecule has 0 spiro atoms. The normalized spacial score (nSPS) is 16.7. The minimum absolute atomic E-state index is 0.00396. The summed E-state index contributed by atoms with van der Waals surface area (Å²) in [6.07, 6.45) is 5.61. The number of aryl methyl sites for hydroxylation is 1. The van der Waals surface area contributed by atoms with Gasteiger partial charge in [-0.1, -0.05) is 11.6 Å². The van der Waals surface area contributed by atoms with Gasteiger partial charge in [0.2, 0.25) is 0 Å². The molecule has 1 unspecified atom stereocenters. The molecule has 2 aromatic rings. The largest absolute Gasteiger partial charge is 0.465 e.